The molecule has 2 aromatic rings. The largest absolute Gasteiger partial charge is 0.373 e. The van der Waals surface area contributed by atoms with Crippen molar-refractivity contribution in [3.05, 3.63) is 40.0 Å². The zero-order valence-corrected chi connectivity index (χ0v) is 15.7. The molecule has 0 N–H and O–H groups in total. The fraction of sp³-hybridized carbons (Fsp3) is 0.579. The number of hydrogen-bond acceptors (Lipinski definition) is 6. The van der Waals surface area contributed by atoms with Gasteiger partial charge >= 0.3 is 0 Å². The summed E-state index contributed by atoms with van der Waals surface area (Å²) in [4.78, 5) is 16.5. The van der Waals surface area contributed by atoms with E-state index < -0.39 is 0 Å². The fourth-order valence-electron chi connectivity index (χ4n) is 3.56. The predicted octanol–water partition coefficient (Wildman–Crippen LogP) is 3.27. The Balaban J connectivity index is 1.31. The van der Waals surface area contributed by atoms with Crippen LogP contribution in [-0.2, 0) is 17.7 Å². The van der Waals surface area contributed by atoms with E-state index in [0.29, 0.717) is 6.10 Å². The highest BCUT2D eigenvalue weighted by Gasteiger charge is 2.22. The summed E-state index contributed by atoms with van der Waals surface area (Å²) in [6.45, 7) is 8.33. The van der Waals surface area contributed by atoms with E-state index in [9.17, 15) is 0 Å². The van der Waals surface area contributed by atoms with E-state index in [1.54, 1.807) is 6.33 Å². The second-order valence-corrected chi connectivity index (χ2v) is 7.99. The molecule has 2 saturated heterocycles. The molecule has 0 amide bonds. The molecular formula is C19H26N4OS. The van der Waals surface area contributed by atoms with Crippen LogP contribution in [0.15, 0.2) is 24.5 Å². The van der Waals surface area contributed by atoms with E-state index in [4.69, 9.17) is 4.74 Å². The molecule has 6 heteroatoms. The Hall–Kier alpha value is -1.50. The molecule has 0 bridgehead atoms. The Bertz CT molecular complexity index is 690. The van der Waals surface area contributed by atoms with E-state index in [1.165, 1.54) is 22.6 Å². The van der Waals surface area contributed by atoms with Gasteiger partial charge in [0, 0.05) is 60.8 Å². The molecule has 0 radical (unpaired) electrons. The second kappa shape index (κ2) is 7.81. The summed E-state index contributed by atoms with van der Waals surface area (Å²) >= 11 is 1.93. The van der Waals surface area contributed by atoms with E-state index >= 15 is 0 Å². The Morgan fingerprint density at radius 2 is 2.08 bits per heavy atom. The smallest absolute Gasteiger partial charge is 0.132 e. The van der Waals surface area contributed by atoms with Gasteiger partial charge in [0.05, 0.1) is 6.10 Å². The summed E-state index contributed by atoms with van der Waals surface area (Å²) in [5.74, 6) is 1.07. The number of thiophene rings is 1. The normalized spacial score (nSPS) is 21.8. The van der Waals surface area contributed by atoms with Gasteiger partial charge in [-0.15, -0.1) is 11.3 Å². The maximum atomic E-state index is 5.80. The van der Waals surface area contributed by atoms with Gasteiger partial charge in [-0.2, -0.15) is 0 Å². The Kier molecular flexibility index (Phi) is 5.29. The highest BCUT2D eigenvalue weighted by atomic mass is 32.1. The topological polar surface area (TPSA) is 41.5 Å². The van der Waals surface area contributed by atoms with Gasteiger partial charge in [-0.3, -0.25) is 4.90 Å². The lowest BCUT2D eigenvalue weighted by atomic mass is 10.2. The fourth-order valence-corrected chi connectivity index (χ4v) is 4.70. The van der Waals surface area contributed by atoms with Crippen LogP contribution in [0, 0.1) is 0 Å². The summed E-state index contributed by atoms with van der Waals surface area (Å²) < 4.78 is 5.80. The van der Waals surface area contributed by atoms with Crippen LogP contribution >= 0.6 is 11.3 Å². The van der Waals surface area contributed by atoms with Crippen molar-refractivity contribution in [1.29, 1.82) is 0 Å². The average molecular weight is 359 g/mol. The van der Waals surface area contributed by atoms with Crippen molar-refractivity contribution in [3.8, 4) is 0 Å². The predicted molar refractivity (Wildman–Crippen MR) is 101 cm³/mol. The van der Waals surface area contributed by atoms with Crippen molar-refractivity contribution in [3.63, 3.8) is 0 Å². The van der Waals surface area contributed by atoms with Crippen molar-refractivity contribution in [1.82, 2.24) is 14.9 Å². The molecule has 134 valence electrons. The summed E-state index contributed by atoms with van der Waals surface area (Å²) in [6.07, 6.45) is 5.38. The molecule has 0 saturated carbocycles. The van der Waals surface area contributed by atoms with Crippen molar-refractivity contribution in [2.75, 3.05) is 37.7 Å². The minimum absolute atomic E-state index is 0.348. The van der Waals surface area contributed by atoms with Crippen LogP contribution in [0.3, 0.4) is 0 Å². The highest BCUT2D eigenvalue weighted by molar-refractivity contribution is 7.12. The van der Waals surface area contributed by atoms with Crippen LogP contribution in [0.2, 0.25) is 0 Å². The van der Waals surface area contributed by atoms with Gasteiger partial charge in [0.25, 0.3) is 0 Å². The molecule has 25 heavy (non-hydrogen) atoms. The summed E-state index contributed by atoms with van der Waals surface area (Å²) in [6, 6.07) is 6.67. The first-order valence-electron chi connectivity index (χ1n) is 9.30. The number of aromatic nitrogens is 2. The first-order valence-corrected chi connectivity index (χ1v) is 10.1. The molecular weight excluding hydrogens is 332 g/mol. The third kappa shape index (κ3) is 4.02. The zero-order chi connectivity index (χ0) is 17.1. The van der Waals surface area contributed by atoms with Crippen LogP contribution in [0.4, 0.5) is 5.82 Å². The molecule has 2 fully saturated rings. The standard InChI is InChI=1S/C19H26N4OS/c1-2-15-12-19(21-14-20-15)23-9-7-22(8-10-23)13-16-5-6-18(25-16)17-4-3-11-24-17/h5-6,12,14,17H,2-4,7-11,13H2,1H3. The number of piperazine rings is 1. The number of hydrogen-bond donors (Lipinski definition) is 0. The minimum Gasteiger partial charge on any atom is -0.373 e. The van der Waals surface area contributed by atoms with Crippen LogP contribution in [0.1, 0.15) is 41.3 Å². The van der Waals surface area contributed by atoms with E-state index in [-0.39, 0.29) is 0 Å². The van der Waals surface area contributed by atoms with Gasteiger partial charge in [-0.1, -0.05) is 6.92 Å². The molecule has 0 aromatic carbocycles. The number of nitrogens with zero attached hydrogens (tertiary/aromatic N) is 4. The average Bonchev–Trinajstić information content (AvgIpc) is 3.34. The molecule has 2 aliphatic rings. The highest BCUT2D eigenvalue weighted by Crippen LogP contribution is 2.33. The second-order valence-electron chi connectivity index (χ2n) is 6.79. The lowest BCUT2D eigenvalue weighted by molar-refractivity contribution is 0.114. The molecule has 0 aliphatic carbocycles. The van der Waals surface area contributed by atoms with Gasteiger partial charge in [-0.05, 0) is 31.4 Å². The minimum atomic E-state index is 0.348. The van der Waals surface area contributed by atoms with Crippen molar-refractivity contribution >= 4 is 17.2 Å². The van der Waals surface area contributed by atoms with Gasteiger partial charge in [-0.25, -0.2) is 9.97 Å². The Morgan fingerprint density at radius 3 is 2.84 bits per heavy atom. The Morgan fingerprint density at radius 1 is 1.20 bits per heavy atom. The van der Waals surface area contributed by atoms with Crippen molar-refractivity contribution < 1.29 is 4.74 Å². The van der Waals surface area contributed by atoms with Crippen LogP contribution in [-0.4, -0.2) is 47.7 Å². The molecule has 4 heterocycles. The lowest BCUT2D eigenvalue weighted by Gasteiger charge is -2.35. The summed E-state index contributed by atoms with van der Waals surface area (Å²) in [7, 11) is 0. The molecule has 0 spiro atoms. The van der Waals surface area contributed by atoms with E-state index in [2.05, 4.69) is 44.9 Å². The van der Waals surface area contributed by atoms with Gasteiger partial charge in [0.15, 0.2) is 0 Å². The van der Waals surface area contributed by atoms with Gasteiger partial charge in [0.2, 0.25) is 0 Å². The van der Waals surface area contributed by atoms with Crippen LogP contribution in [0.5, 0.6) is 0 Å². The first kappa shape index (κ1) is 16.9. The SMILES string of the molecule is CCc1cc(N2CCN(Cc3ccc(C4CCCO4)s3)CC2)ncn1. The molecule has 4 rings (SSSR count). The van der Waals surface area contributed by atoms with E-state index in [0.717, 1.165) is 57.3 Å². The molecule has 2 aromatic heterocycles. The summed E-state index contributed by atoms with van der Waals surface area (Å²) in [5.41, 5.74) is 1.12. The number of rotatable bonds is 5. The van der Waals surface area contributed by atoms with Crippen LogP contribution in [0.25, 0.3) is 0 Å². The van der Waals surface area contributed by atoms with Crippen molar-refractivity contribution in [2.45, 2.75) is 38.8 Å². The summed E-state index contributed by atoms with van der Waals surface area (Å²) in [5, 5.41) is 0. The van der Waals surface area contributed by atoms with E-state index in [1.807, 2.05) is 11.3 Å². The molecule has 5 nitrogen and oxygen atoms in total. The molecule has 1 atom stereocenters. The monoisotopic (exact) mass is 358 g/mol. The number of ether oxygens (including phenoxy) is 1. The number of anilines is 1. The van der Waals surface area contributed by atoms with Gasteiger partial charge in [0.1, 0.15) is 12.1 Å². The maximum Gasteiger partial charge on any atom is 0.132 e. The Labute approximate surface area is 153 Å². The van der Waals surface area contributed by atoms with Crippen molar-refractivity contribution in [2.24, 2.45) is 0 Å². The quantitative estimate of drug-likeness (QED) is 0.820. The lowest BCUT2D eigenvalue weighted by Crippen LogP contribution is -2.46. The zero-order valence-electron chi connectivity index (χ0n) is 14.9. The maximum absolute atomic E-state index is 5.80. The molecule has 2 aliphatic heterocycles. The molecule has 1 unspecified atom stereocenters. The first-order chi connectivity index (χ1) is 12.3. The number of aryl methyl sites for hydroxylation is 1. The van der Waals surface area contributed by atoms with Gasteiger partial charge < -0.3 is 9.64 Å². The van der Waals surface area contributed by atoms with Crippen LogP contribution < -0.4 is 4.90 Å². The third-order valence-electron chi connectivity index (χ3n) is 5.08. The third-order valence-corrected chi connectivity index (χ3v) is 6.24.